The van der Waals surface area contributed by atoms with E-state index in [2.05, 4.69) is 15.2 Å². The van der Waals surface area contributed by atoms with Crippen LogP contribution in [0.15, 0.2) is 45.6 Å². The summed E-state index contributed by atoms with van der Waals surface area (Å²) in [5.74, 6) is -1.95. The Morgan fingerprint density at radius 3 is 2.67 bits per heavy atom. The Hall–Kier alpha value is -2.97. The van der Waals surface area contributed by atoms with Crippen molar-refractivity contribution in [3.8, 4) is 0 Å². The first-order valence-electron chi connectivity index (χ1n) is 9.26. The van der Waals surface area contributed by atoms with Gasteiger partial charge in [-0.15, -0.1) is 0 Å². The highest BCUT2D eigenvalue weighted by Crippen LogP contribution is 2.29. The van der Waals surface area contributed by atoms with E-state index < -0.39 is 17.6 Å². The number of hydrogen-bond acceptors (Lipinski definition) is 5. The molecule has 2 heterocycles. The number of carbonyl (C=O) groups is 2. The maximum Gasteiger partial charge on any atom is 0.417 e. The van der Waals surface area contributed by atoms with Crippen LogP contribution in [0.1, 0.15) is 6.92 Å². The van der Waals surface area contributed by atoms with E-state index in [4.69, 9.17) is 27.6 Å². The molecule has 1 fully saturated rings. The molecule has 8 nitrogen and oxygen atoms in total. The Labute approximate surface area is 181 Å². The number of amides is 2. The summed E-state index contributed by atoms with van der Waals surface area (Å²) in [7, 11) is 0. The van der Waals surface area contributed by atoms with Crippen molar-refractivity contribution in [1.82, 2.24) is 9.88 Å². The van der Waals surface area contributed by atoms with Crippen molar-refractivity contribution >= 4 is 57.5 Å². The lowest BCUT2D eigenvalue weighted by Gasteiger charge is -2.41. The molecule has 2 N–H and O–H groups in total. The molecule has 1 aliphatic heterocycles. The molecule has 3 aromatic rings. The molecule has 1 aromatic heterocycles. The van der Waals surface area contributed by atoms with Gasteiger partial charge in [-0.05, 0) is 37.3 Å². The zero-order chi connectivity index (χ0) is 21.4. The molecule has 0 bridgehead atoms. The molecule has 2 aromatic carbocycles. The smallest absolute Gasteiger partial charge is 0.408 e. The molecule has 0 unspecified atom stereocenters. The number of anilines is 2. The Balaban J connectivity index is 1.41. The van der Waals surface area contributed by atoms with Crippen molar-refractivity contribution in [2.45, 2.75) is 13.0 Å². The highest BCUT2D eigenvalue weighted by molar-refractivity contribution is 6.42. The summed E-state index contributed by atoms with van der Waals surface area (Å²) in [5.41, 5.74) is 2.09. The normalized spacial score (nSPS) is 16.7. The summed E-state index contributed by atoms with van der Waals surface area (Å²) >= 11 is 12.1. The van der Waals surface area contributed by atoms with Gasteiger partial charge in [0.25, 0.3) is 0 Å². The van der Waals surface area contributed by atoms with E-state index in [1.165, 1.54) is 11.0 Å². The average molecular weight is 449 g/mol. The lowest BCUT2D eigenvalue weighted by Crippen LogP contribution is -2.55. The third kappa shape index (κ3) is 4.01. The van der Waals surface area contributed by atoms with Gasteiger partial charge >= 0.3 is 17.6 Å². The molecule has 10 heteroatoms. The second-order valence-corrected chi connectivity index (χ2v) is 7.89. The fourth-order valence-electron chi connectivity index (χ4n) is 3.54. The number of hydrogen-bond donors (Lipinski definition) is 2. The third-order valence-electron chi connectivity index (χ3n) is 5.02. The van der Waals surface area contributed by atoms with Crippen LogP contribution in [0.2, 0.25) is 10.0 Å². The molecule has 1 atom stereocenters. The van der Waals surface area contributed by atoms with Gasteiger partial charge in [0.05, 0.1) is 15.6 Å². The fraction of sp³-hybridized carbons (Fsp3) is 0.250. The van der Waals surface area contributed by atoms with Crippen LogP contribution in [0.3, 0.4) is 0 Å². The molecular formula is C20H18Cl2N4O4. The summed E-state index contributed by atoms with van der Waals surface area (Å²) < 4.78 is 4.97. The number of fused-ring (bicyclic) bond motifs is 1. The molecule has 1 saturated heterocycles. The van der Waals surface area contributed by atoms with Crippen LogP contribution >= 0.6 is 23.2 Å². The van der Waals surface area contributed by atoms with E-state index in [0.29, 0.717) is 46.5 Å². The number of nitrogens with one attached hydrogen (secondary N) is 2. The quantitative estimate of drug-likeness (QED) is 0.586. The first-order valence-corrected chi connectivity index (χ1v) is 10.0. The number of aromatic nitrogens is 1. The van der Waals surface area contributed by atoms with Crippen LogP contribution in [-0.2, 0) is 9.59 Å². The number of nitrogens with zero attached hydrogens (tertiary/aromatic N) is 2. The van der Waals surface area contributed by atoms with Crippen LogP contribution in [-0.4, -0.2) is 47.4 Å². The number of rotatable bonds is 2. The number of aromatic amines is 1. The predicted molar refractivity (Wildman–Crippen MR) is 115 cm³/mol. The van der Waals surface area contributed by atoms with Gasteiger partial charge in [-0.1, -0.05) is 23.2 Å². The average Bonchev–Trinajstić information content (AvgIpc) is 3.08. The maximum absolute atomic E-state index is 12.6. The van der Waals surface area contributed by atoms with E-state index in [9.17, 15) is 14.4 Å². The van der Waals surface area contributed by atoms with Gasteiger partial charge in [-0.25, -0.2) is 4.79 Å². The Morgan fingerprint density at radius 2 is 1.93 bits per heavy atom. The zero-order valence-corrected chi connectivity index (χ0v) is 17.5. The second kappa shape index (κ2) is 8.04. The number of oxazole rings is 1. The van der Waals surface area contributed by atoms with Gasteiger partial charge in [-0.2, -0.15) is 0 Å². The molecule has 2 amide bonds. The van der Waals surface area contributed by atoms with Gasteiger partial charge in [0.15, 0.2) is 5.58 Å². The highest BCUT2D eigenvalue weighted by Gasteiger charge is 2.30. The van der Waals surface area contributed by atoms with E-state index in [0.717, 1.165) is 5.69 Å². The van der Waals surface area contributed by atoms with E-state index in [1.54, 1.807) is 24.3 Å². The SMILES string of the molecule is C[C@@H]1CN(C(=O)C(=O)Nc2ccc3[nH]c(=O)oc3c2)CCN1c1ccc(Cl)c(Cl)c1. The lowest BCUT2D eigenvalue weighted by atomic mass is 10.1. The van der Waals surface area contributed by atoms with Crippen molar-refractivity contribution in [1.29, 1.82) is 0 Å². The van der Waals surface area contributed by atoms with Crippen LogP contribution in [0, 0.1) is 0 Å². The fourth-order valence-corrected chi connectivity index (χ4v) is 3.83. The van der Waals surface area contributed by atoms with Gasteiger partial charge in [0.2, 0.25) is 0 Å². The van der Waals surface area contributed by atoms with Gasteiger partial charge in [-0.3, -0.25) is 14.6 Å². The number of benzene rings is 2. The standard InChI is InChI=1S/C20H18Cl2N4O4/c1-11-10-25(6-7-26(11)13-3-4-14(21)15(22)9-13)19(28)18(27)23-12-2-5-16-17(8-12)30-20(29)24-16/h2-5,8-9,11H,6-7,10H2,1H3,(H,23,27)(H,24,29)/t11-/m1/s1. The Morgan fingerprint density at radius 1 is 1.13 bits per heavy atom. The van der Waals surface area contributed by atoms with Crippen molar-refractivity contribution in [2.75, 3.05) is 29.9 Å². The topological polar surface area (TPSA) is 98.7 Å². The van der Waals surface area contributed by atoms with Crippen LogP contribution in [0.4, 0.5) is 11.4 Å². The zero-order valence-electron chi connectivity index (χ0n) is 15.9. The minimum atomic E-state index is -0.748. The van der Waals surface area contributed by atoms with E-state index >= 15 is 0 Å². The van der Waals surface area contributed by atoms with Crippen molar-refractivity contribution in [3.05, 3.63) is 57.0 Å². The molecule has 0 radical (unpaired) electrons. The van der Waals surface area contributed by atoms with Crippen molar-refractivity contribution in [3.63, 3.8) is 0 Å². The lowest BCUT2D eigenvalue weighted by molar-refractivity contribution is -0.143. The third-order valence-corrected chi connectivity index (χ3v) is 5.76. The van der Waals surface area contributed by atoms with E-state index in [1.807, 2.05) is 13.0 Å². The molecule has 156 valence electrons. The van der Waals surface area contributed by atoms with Gasteiger partial charge in [0.1, 0.15) is 0 Å². The number of halogens is 2. The highest BCUT2D eigenvalue weighted by atomic mass is 35.5. The number of carbonyl (C=O) groups excluding carboxylic acids is 2. The molecule has 0 spiro atoms. The Kier molecular flexibility index (Phi) is 5.44. The van der Waals surface area contributed by atoms with Gasteiger partial charge < -0.3 is 19.5 Å². The largest absolute Gasteiger partial charge is 0.417 e. The summed E-state index contributed by atoms with van der Waals surface area (Å²) in [5, 5.41) is 3.51. The first-order chi connectivity index (χ1) is 14.3. The monoisotopic (exact) mass is 448 g/mol. The van der Waals surface area contributed by atoms with E-state index in [-0.39, 0.29) is 6.04 Å². The molecule has 4 rings (SSSR count). The summed E-state index contributed by atoms with van der Waals surface area (Å²) in [6.07, 6.45) is 0. The minimum Gasteiger partial charge on any atom is -0.408 e. The molecule has 0 aliphatic carbocycles. The van der Waals surface area contributed by atoms with Crippen molar-refractivity contribution < 1.29 is 14.0 Å². The minimum absolute atomic E-state index is 0.0155. The Bertz CT molecular complexity index is 1190. The van der Waals surface area contributed by atoms with Gasteiger partial charge in [0, 0.05) is 43.1 Å². The molecular weight excluding hydrogens is 431 g/mol. The predicted octanol–water partition coefficient (Wildman–Crippen LogP) is 3.10. The second-order valence-electron chi connectivity index (χ2n) is 7.07. The summed E-state index contributed by atoms with van der Waals surface area (Å²) in [4.78, 5) is 42.5. The van der Waals surface area contributed by atoms with Crippen molar-refractivity contribution in [2.24, 2.45) is 0 Å². The molecule has 0 saturated carbocycles. The first kappa shape index (κ1) is 20.3. The summed E-state index contributed by atoms with van der Waals surface area (Å²) in [6, 6.07) is 10.1. The number of H-pyrrole nitrogens is 1. The van der Waals surface area contributed by atoms with Crippen LogP contribution in [0.5, 0.6) is 0 Å². The molecule has 1 aliphatic rings. The maximum atomic E-state index is 12.6. The number of piperazine rings is 1. The van der Waals surface area contributed by atoms with Crippen LogP contribution in [0.25, 0.3) is 11.1 Å². The van der Waals surface area contributed by atoms with Crippen LogP contribution < -0.4 is 16.0 Å². The molecule has 30 heavy (non-hydrogen) atoms. The summed E-state index contributed by atoms with van der Waals surface area (Å²) in [6.45, 7) is 3.31.